The average Bonchev–Trinajstić information content (AvgIpc) is 2.85. The molecule has 1 aliphatic rings. The molecule has 1 fully saturated rings. The first-order valence-electron chi connectivity index (χ1n) is 6.67. The first kappa shape index (κ1) is 15.2. The Balaban J connectivity index is 2.25. The Morgan fingerprint density at radius 2 is 2.29 bits per heavy atom. The SMILES string of the molecule is CC(C)(C)OC(=O)N1CCNCC1c1cn[nH]c1[N+](=O)[O-]. The van der Waals surface area contributed by atoms with Gasteiger partial charge in [-0.2, -0.15) is 0 Å². The monoisotopic (exact) mass is 297 g/mol. The second-order valence-corrected chi connectivity index (χ2v) is 5.82. The van der Waals surface area contributed by atoms with Gasteiger partial charge in [-0.1, -0.05) is 5.10 Å². The van der Waals surface area contributed by atoms with E-state index in [4.69, 9.17) is 4.74 Å². The highest BCUT2D eigenvalue weighted by atomic mass is 16.6. The number of aromatic nitrogens is 2. The van der Waals surface area contributed by atoms with E-state index in [-0.39, 0.29) is 5.82 Å². The molecule has 1 aromatic rings. The average molecular weight is 297 g/mol. The minimum absolute atomic E-state index is 0.197. The highest BCUT2D eigenvalue weighted by molar-refractivity contribution is 5.69. The molecule has 116 valence electrons. The number of ether oxygens (including phenoxy) is 1. The van der Waals surface area contributed by atoms with Gasteiger partial charge in [0.25, 0.3) is 0 Å². The van der Waals surface area contributed by atoms with Crippen LogP contribution in [0.1, 0.15) is 32.4 Å². The molecule has 1 atom stereocenters. The normalized spacial score (nSPS) is 19.4. The third-order valence-corrected chi connectivity index (χ3v) is 3.06. The van der Waals surface area contributed by atoms with Gasteiger partial charge in [0.1, 0.15) is 5.60 Å². The number of hydrogen-bond donors (Lipinski definition) is 2. The van der Waals surface area contributed by atoms with Crippen LogP contribution >= 0.6 is 0 Å². The van der Waals surface area contributed by atoms with Gasteiger partial charge in [0.15, 0.2) is 0 Å². The third-order valence-electron chi connectivity index (χ3n) is 3.06. The summed E-state index contributed by atoms with van der Waals surface area (Å²) in [6.45, 7) is 6.79. The molecule has 2 heterocycles. The number of rotatable bonds is 2. The van der Waals surface area contributed by atoms with Crippen LogP contribution in [-0.2, 0) is 4.74 Å². The van der Waals surface area contributed by atoms with Gasteiger partial charge in [0.2, 0.25) is 0 Å². The van der Waals surface area contributed by atoms with Crippen LogP contribution in [0.5, 0.6) is 0 Å². The maximum Gasteiger partial charge on any atom is 0.410 e. The molecule has 21 heavy (non-hydrogen) atoms. The van der Waals surface area contributed by atoms with Gasteiger partial charge in [0.05, 0.1) is 17.8 Å². The predicted octanol–water partition coefficient (Wildman–Crippen LogP) is 1.20. The Morgan fingerprint density at radius 1 is 1.57 bits per heavy atom. The van der Waals surface area contributed by atoms with Crippen molar-refractivity contribution in [2.45, 2.75) is 32.4 Å². The number of nitrogens with one attached hydrogen (secondary N) is 2. The van der Waals surface area contributed by atoms with Gasteiger partial charge < -0.3 is 20.2 Å². The van der Waals surface area contributed by atoms with E-state index < -0.39 is 22.7 Å². The van der Waals surface area contributed by atoms with E-state index in [1.807, 2.05) is 0 Å². The van der Waals surface area contributed by atoms with E-state index in [0.717, 1.165) is 0 Å². The molecule has 2 rings (SSSR count). The molecule has 0 saturated carbocycles. The fourth-order valence-corrected chi connectivity index (χ4v) is 2.20. The van der Waals surface area contributed by atoms with Crippen molar-refractivity contribution >= 4 is 11.9 Å². The zero-order chi connectivity index (χ0) is 15.6. The van der Waals surface area contributed by atoms with Crippen molar-refractivity contribution in [3.63, 3.8) is 0 Å². The van der Waals surface area contributed by atoms with Crippen molar-refractivity contribution < 1.29 is 14.5 Å². The summed E-state index contributed by atoms with van der Waals surface area (Å²) in [4.78, 5) is 24.2. The van der Waals surface area contributed by atoms with Crippen LogP contribution in [-0.4, -0.2) is 51.3 Å². The highest BCUT2D eigenvalue weighted by Gasteiger charge is 2.35. The van der Waals surface area contributed by atoms with Crippen molar-refractivity contribution in [2.24, 2.45) is 0 Å². The summed E-state index contributed by atoms with van der Waals surface area (Å²) in [5.41, 5.74) is -0.243. The lowest BCUT2D eigenvalue weighted by Crippen LogP contribution is -2.50. The summed E-state index contributed by atoms with van der Waals surface area (Å²) in [5, 5.41) is 20.2. The van der Waals surface area contributed by atoms with Gasteiger partial charge in [-0.05, 0) is 25.7 Å². The highest BCUT2D eigenvalue weighted by Crippen LogP contribution is 2.29. The summed E-state index contributed by atoms with van der Waals surface area (Å²) < 4.78 is 5.36. The summed E-state index contributed by atoms with van der Waals surface area (Å²) in [6.07, 6.45) is 0.900. The summed E-state index contributed by atoms with van der Waals surface area (Å²) in [7, 11) is 0. The standard InChI is InChI=1S/C12H19N5O4/c1-12(2,3)21-11(18)16-5-4-13-7-9(16)8-6-14-15-10(8)17(19)20/h6,9,13H,4-5,7H2,1-3H3,(H,14,15). The molecule has 1 amide bonds. The largest absolute Gasteiger partial charge is 0.444 e. The molecule has 1 unspecified atom stereocenters. The molecule has 1 aromatic heterocycles. The smallest absolute Gasteiger partial charge is 0.410 e. The van der Waals surface area contributed by atoms with Crippen LogP contribution in [0, 0.1) is 10.1 Å². The van der Waals surface area contributed by atoms with Crippen LogP contribution in [0.2, 0.25) is 0 Å². The van der Waals surface area contributed by atoms with Crippen molar-refractivity contribution in [1.82, 2.24) is 20.4 Å². The number of carbonyl (C=O) groups excluding carboxylic acids is 1. The van der Waals surface area contributed by atoms with E-state index in [1.54, 1.807) is 20.8 Å². The maximum absolute atomic E-state index is 12.3. The van der Waals surface area contributed by atoms with Crippen molar-refractivity contribution in [1.29, 1.82) is 0 Å². The summed E-state index contributed by atoms with van der Waals surface area (Å²) >= 11 is 0. The van der Waals surface area contributed by atoms with E-state index >= 15 is 0 Å². The molecule has 9 heteroatoms. The first-order valence-corrected chi connectivity index (χ1v) is 6.67. The minimum Gasteiger partial charge on any atom is -0.444 e. The Kier molecular flexibility index (Phi) is 4.12. The van der Waals surface area contributed by atoms with E-state index in [0.29, 0.717) is 25.2 Å². The zero-order valence-electron chi connectivity index (χ0n) is 12.3. The van der Waals surface area contributed by atoms with Gasteiger partial charge in [-0.25, -0.2) is 4.79 Å². The molecule has 0 aromatic carbocycles. The third kappa shape index (κ3) is 3.48. The van der Waals surface area contributed by atoms with E-state index in [1.165, 1.54) is 11.1 Å². The Bertz CT molecular complexity index is 536. The molecule has 1 aliphatic heterocycles. The van der Waals surface area contributed by atoms with Crippen LogP contribution in [0.25, 0.3) is 0 Å². The van der Waals surface area contributed by atoms with Gasteiger partial charge in [0, 0.05) is 19.6 Å². The number of carbonyl (C=O) groups is 1. The fraction of sp³-hybridized carbons (Fsp3) is 0.667. The first-order chi connectivity index (χ1) is 9.79. The number of aromatic amines is 1. The van der Waals surface area contributed by atoms with E-state index in [2.05, 4.69) is 15.5 Å². The quantitative estimate of drug-likeness (QED) is 0.626. The molecular weight excluding hydrogens is 278 g/mol. The molecule has 0 aliphatic carbocycles. The van der Waals surface area contributed by atoms with Crippen LogP contribution in [0.3, 0.4) is 0 Å². The van der Waals surface area contributed by atoms with Crippen LogP contribution < -0.4 is 5.32 Å². The lowest BCUT2D eigenvalue weighted by atomic mass is 10.1. The van der Waals surface area contributed by atoms with Crippen LogP contribution in [0.15, 0.2) is 6.20 Å². The lowest BCUT2D eigenvalue weighted by molar-refractivity contribution is -0.390. The predicted molar refractivity (Wildman–Crippen MR) is 73.8 cm³/mol. The molecule has 0 bridgehead atoms. The molecule has 0 spiro atoms. The van der Waals surface area contributed by atoms with Crippen LogP contribution in [0.4, 0.5) is 10.6 Å². The second kappa shape index (κ2) is 5.68. The van der Waals surface area contributed by atoms with Gasteiger partial charge in [-0.15, -0.1) is 5.10 Å². The summed E-state index contributed by atoms with van der Waals surface area (Å²) in [6, 6.07) is -0.479. The number of nitrogens with zero attached hydrogens (tertiary/aromatic N) is 3. The second-order valence-electron chi connectivity index (χ2n) is 5.82. The van der Waals surface area contributed by atoms with E-state index in [9.17, 15) is 14.9 Å². The fourth-order valence-electron chi connectivity index (χ4n) is 2.20. The summed E-state index contributed by atoms with van der Waals surface area (Å²) in [5.74, 6) is -0.197. The van der Waals surface area contributed by atoms with Crippen molar-refractivity contribution in [3.05, 3.63) is 21.9 Å². The molecule has 2 N–H and O–H groups in total. The Labute approximate surface area is 121 Å². The maximum atomic E-state index is 12.3. The van der Waals surface area contributed by atoms with Crippen molar-refractivity contribution in [2.75, 3.05) is 19.6 Å². The Morgan fingerprint density at radius 3 is 2.90 bits per heavy atom. The molecule has 0 radical (unpaired) electrons. The molecule has 1 saturated heterocycles. The Hall–Kier alpha value is -2.16. The van der Waals surface area contributed by atoms with Gasteiger partial charge in [-0.3, -0.25) is 4.90 Å². The van der Waals surface area contributed by atoms with Crippen molar-refractivity contribution in [3.8, 4) is 0 Å². The molecule has 9 nitrogen and oxygen atoms in total. The number of hydrogen-bond acceptors (Lipinski definition) is 6. The minimum atomic E-state index is -0.616. The topological polar surface area (TPSA) is 113 Å². The van der Waals surface area contributed by atoms with Gasteiger partial charge >= 0.3 is 11.9 Å². The molecular formula is C12H19N5O4. The number of amides is 1. The zero-order valence-corrected chi connectivity index (χ0v) is 12.3. The number of nitro groups is 1. The number of piperazine rings is 1. The lowest BCUT2D eigenvalue weighted by Gasteiger charge is -2.36. The number of H-pyrrole nitrogens is 1.